The molecule has 0 saturated carbocycles. The lowest BCUT2D eigenvalue weighted by Crippen LogP contribution is -2.32. The van der Waals surface area contributed by atoms with Gasteiger partial charge in [-0.2, -0.15) is 5.10 Å². The molecule has 0 saturated heterocycles. The van der Waals surface area contributed by atoms with Crippen LogP contribution in [0.1, 0.15) is 30.6 Å². The van der Waals surface area contributed by atoms with Crippen LogP contribution in [0.4, 0.5) is 13.2 Å². The van der Waals surface area contributed by atoms with Gasteiger partial charge in [-0.15, -0.1) is 0 Å². The van der Waals surface area contributed by atoms with E-state index in [2.05, 4.69) is 26.5 Å². The minimum Gasteiger partial charge on any atom is -0.271 e. The van der Waals surface area contributed by atoms with Crippen molar-refractivity contribution in [2.45, 2.75) is 25.9 Å². The van der Waals surface area contributed by atoms with Crippen molar-refractivity contribution in [1.29, 1.82) is 0 Å². The number of nitrogens with two attached hydrogens (primary N) is 1. The van der Waals surface area contributed by atoms with Gasteiger partial charge >= 0.3 is 0 Å². The smallest absolute Gasteiger partial charge is 0.134 e. The van der Waals surface area contributed by atoms with Crippen molar-refractivity contribution < 1.29 is 13.2 Å². The van der Waals surface area contributed by atoms with Gasteiger partial charge in [0.15, 0.2) is 0 Å². The third kappa shape index (κ3) is 3.12. The average Bonchev–Trinajstić information content (AvgIpc) is 2.75. The second-order valence-corrected chi connectivity index (χ2v) is 5.34. The van der Waals surface area contributed by atoms with Gasteiger partial charge in [-0.05, 0) is 22.4 Å². The quantitative estimate of drug-likeness (QED) is 0.634. The molecule has 114 valence electrons. The molecule has 1 aromatic heterocycles. The monoisotopic (exact) mass is 362 g/mol. The van der Waals surface area contributed by atoms with E-state index in [0.29, 0.717) is 28.8 Å². The first-order valence-electron chi connectivity index (χ1n) is 6.31. The first kappa shape index (κ1) is 16.0. The number of hydrogen-bond acceptors (Lipinski definition) is 3. The van der Waals surface area contributed by atoms with Gasteiger partial charge in [0.25, 0.3) is 0 Å². The highest BCUT2D eigenvalue weighted by Gasteiger charge is 2.27. The number of nitrogens with zero attached hydrogens (tertiary/aromatic N) is 2. The highest BCUT2D eigenvalue weighted by Crippen LogP contribution is 2.31. The fourth-order valence-electron chi connectivity index (χ4n) is 2.18. The molecule has 2 aromatic rings. The molecule has 1 aromatic carbocycles. The van der Waals surface area contributed by atoms with Crippen LogP contribution in [0.25, 0.3) is 0 Å². The molecule has 2 rings (SSSR count). The molecule has 1 atom stereocenters. The Morgan fingerprint density at radius 3 is 2.48 bits per heavy atom. The maximum atomic E-state index is 14.0. The van der Waals surface area contributed by atoms with E-state index < -0.39 is 23.5 Å². The summed E-state index contributed by atoms with van der Waals surface area (Å²) < 4.78 is 43.1. The second-order valence-electron chi connectivity index (χ2n) is 4.48. The van der Waals surface area contributed by atoms with E-state index in [4.69, 9.17) is 5.84 Å². The normalized spacial score (nSPS) is 12.7. The van der Waals surface area contributed by atoms with E-state index in [1.165, 1.54) is 6.20 Å². The summed E-state index contributed by atoms with van der Waals surface area (Å²) in [5.41, 5.74) is 2.49. The van der Waals surface area contributed by atoms with Crippen molar-refractivity contribution >= 4 is 15.9 Å². The van der Waals surface area contributed by atoms with Crippen LogP contribution in [0.2, 0.25) is 0 Å². The number of halogens is 4. The third-order valence-electron chi connectivity index (χ3n) is 3.04. The maximum Gasteiger partial charge on any atom is 0.134 e. The van der Waals surface area contributed by atoms with Crippen LogP contribution in [0.15, 0.2) is 22.8 Å². The van der Waals surface area contributed by atoms with Crippen molar-refractivity contribution in [3.05, 3.63) is 51.5 Å². The van der Waals surface area contributed by atoms with Crippen LogP contribution in [0.5, 0.6) is 0 Å². The Bertz CT molecular complexity index is 621. The minimum absolute atomic E-state index is 0.350. The van der Waals surface area contributed by atoms with Crippen LogP contribution >= 0.6 is 15.9 Å². The van der Waals surface area contributed by atoms with Gasteiger partial charge in [0.1, 0.15) is 17.5 Å². The summed E-state index contributed by atoms with van der Waals surface area (Å²) >= 11 is 3.29. The largest absolute Gasteiger partial charge is 0.271 e. The summed E-state index contributed by atoms with van der Waals surface area (Å²) in [6.45, 7) is 2.51. The summed E-state index contributed by atoms with van der Waals surface area (Å²) in [6, 6.07) is 0.253. The summed E-state index contributed by atoms with van der Waals surface area (Å²) in [5, 5.41) is 4.13. The van der Waals surface area contributed by atoms with Gasteiger partial charge in [-0.3, -0.25) is 10.5 Å². The second kappa shape index (κ2) is 6.59. The Labute approximate surface area is 128 Å². The molecule has 0 spiro atoms. The van der Waals surface area contributed by atoms with Crippen molar-refractivity contribution in [2.75, 3.05) is 0 Å². The summed E-state index contributed by atoms with van der Waals surface area (Å²) in [7, 11) is 0. The molecule has 0 fully saturated rings. The van der Waals surface area contributed by atoms with Crippen LogP contribution in [0.3, 0.4) is 0 Å². The standard InChI is InChI=1S/C13H14BrF3N4/c1-2-3-21-13(8(14)6-19-21)12(20-18)11-9(16)4-7(15)5-10(11)17/h4-6,12,20H,2-3,18H2,1H3. The number of hydrogen-bond donors (Lipinski definition) is 2. The van der Waals surface area contributed by atoms with Gasteiger partial charge in [-0.25, -0.2) is 18.6 Å². The minimum atomic E-state index is -1.01. The highest BCUT2D eigenvalue weighted by molar-refractivity contribution is 9.10. The topological polar surface area (TPSA) is 55.9 Å². The zero-order chi connectivity index (χ0) is 15.6. The lowest BCUT2D eigenvalue weighted by molar-refractivity contribution is 0.466. The van der Waals surface area contributed by atoms with Gasteiger partial charge in [0.05, 0.1) is 22.4 Å². The Morgan fingerprint density at radius 2 is 1.95 bits per heavy atom. The summed E-state index contributed by atoms with van der Waals surface area (Å²) in [6.07, 6.45) is 2.31. The zero-order valence-corrected chi connectivity index (χ0v) is 12.8. The Morgan fingerprint density at radius 1 is 1.33 bits per heavy atom. The molecule has 8 heteroatoms. The van der Waals surface area contributed by atoms with Crippen LogP contribution in [-0.2, 0) is 6.54 Å². The molecule has 21 heavy (non-hydrogen) atoms. The Balaban J connectivity index is 2.58. The molecule has 0 amide bonds. The van der Waals surface area contributed by atoms with Crippen molar-refractivity contribution in [3.8, 4) is 0 Å². The molecule has 0 radical (unpaired) electrons. The molecule has 0 aliphatic rings. The van der Waals surface area contributed by atoms with Gasteiger partial charge in [0.2, 0.25) is 0 Å². The fourth-order valence-corrected chi connectivity index (χ4v) is 2.70. The predicted molar refractivity (Wildman–Crippen MR) is 75.7 cm³/mol. The summed E-state index contributed by atoms with van der Waals surface area (Å²) in [5.74, 6) is 2.47. The first-order chi connectivity index (χ1) is 9.99. The van der Waals surface area contributed by atoms with Crippen molar-refractivity contribution in [1.82, 2.24) is 15.2 Å². The number of aryl methyl sites for hydroxylation is 1. The molecule has 0 aliphatic carbocycles. The van der Waals surface area contributed by atoms with E-state index in [1.54, 1.807) is 4.68 Å². The van der Waals surface area contributed by atoms with Gasteiger partial charge in [-0.1, -0.05) is 6.92 Å². The Kier molecular flexibility index (Phi) is 5.02. The number of hydrazine groups is 1. The predicted octanol–water partition coefficient (Wildman–Crippen LogP) is 3.03. The van der Waals surface area contributed by atoms with E-state index in [0.717, 1.165) is 6.42 Å². The van der Waals surface area contributed by atoms with E-state index in [1.807, 2.05) is 6.92 Å². The number of rotatable bonds is 5. The molecular formula is C13H14BrF3N4. The van der Waals surface area contributed by atoms with Crippen LogP contribution < -0.4 is 11.3 Å². The SMILES string of the molecule is CCCn1ncc(Br)c1C(NN)c1c(F)cc(F)cc1F. The highest BCUT2D eigenvalue weighted by atomic mass is 79.9. The number of aromatic nitrogens is 2. The fraction of sp³-hybridized carbons (Fsp3) is 0.308. The van der Waals surface area contributed by atoms with Gasteiger partial charge in [0, 0.05) is 24.2 Å². The first-order valence-corrected chi connectivity index (χ1v) is 7.10. The number of benzene rings is 1. The lowest BCUT2D eigenvalue weighted by atomic mass is 10.0. The van der Waals surface area contributed by atoms with Crippen molar-refractivity contribution in [2.24, 2.45) is 5.84 Å². The van der Waals surface area contributed by atoms with Crippen molar-refractivity contribution in [3.63, 3.8) is 0 Å². The zero-order valence-electron chi connectivity index (χ0n) is 11.2. The summed E-state index contributed by atoms with van der Waals surface area (Å²) in [4.78, 5) is 0. The Hall–Kier alpha value is -1.38. The molecule has 3 N–H and O–H groups in total. The van der Waals surface area contributed by atoms with E-state index in [-0.39, 0.29) is 5.56 Å². The van der Waals surface area contributed by atoms with E-state index in [9.17, 15) is 13.2 Å². The number of nitrogens with one attached hydrogen (secondary N) is 1. The van der Waals surface area contributed by atoms with Gasteiger partial charge < -0.3 is 0 Å². The average molecular weight is 363 g/mol. The molecule has 4 nitrogen and oxygen atoms in total. The lowest BCUT2D eigenvalue weighted by Gasteiger charge is -2.20. The molecule has 1 heterocycles. The van der Waals surface area contributed by atoms with Crippen LogP contribution in [0, 0.1) is 17.5 Å². The maximum absolute atomic E-state index is 14.0. The molecule has 0 bridgehead atoms. The molecule has 0 aliphatic heterocycles. The molecule has 1 unspecified atom stereocenters. The van der Waals surface area contributed by atoms with Crippen LogP contribution in [-0.4, -0.2) is 9.78 Å². The van der Waals surface area contributed by atoms with E-state index >= 15 is 0 Å². The molecular weight excluding hydrogens is 349 g/mol. The third-order valence-corrected chi connectivity index (χ3v) is 3.65.